The van der Waals surface area contributed by atoms with E-state index >= 15 is 0 Å². The third-order valence-electron chi connectivity index (χ3n) is 2.96. The quantitative estimate of drug-likeness (QED) is 0.812. The number of hydrogen-bond donors (Lipinski definition) is 2. The normalized spacial score (nSPS) is 19.5. The summed E-state index contributed by atoms with van der Waals surface area (Å²) in [5.74, 6) is 0. The Bertz CT molecular complexity index is 290. The van der Waals surface area contributed by atoms with Gasteiger partial charge >= 0.3 is 0 Å². The zero-order valence-electron chi connectivity index (χ0n) is 9.04. The Morgan fingerprint density at radius 2 is 1.87 bits per heavy atom. The maximum Gasteiger partial charge on any atom is 0.184 e. The first kappa shape index (κ1) is 10.7. The van der Waals surface area contributed by atoms with E-state index in [9.17, 15) is 0 Å². The Morgan fingerprint density at radius 3 is 2.47 bits per heavy atom. The van der Waals surface area contributed by atoms with Crippen molar-refractivity contribution in [1.29, 1.82) is 0 Å². The predicted molar refractivity (Wildman–Crippen MR) is 66.3 cm³/mol. The van der Waals surface area contributed by atoms with Crippen LogP contribution in [0.2, 0.25) is 0 Å². The molecule has 0 unspecified atom stereocenters. The van der Waals surface area contributed by atoms with Gasteiger partial charge in [0, 0.05) is 6.04 Å². The highest BCUT2D eigenvalue weighted by Crippen LogP contribution is 2.24. The molecule has 0 aliphatic heterocycles. The van der Waals surface area contributed by atoms with Crippen molar-refractivity contribution in [2.45, 2.75) is 51.0 Å². The molecule has 1 aromatic rings. The second-order valence-corrected chi connectivity index (χ2v) is 5.32. The summed E-state index contributed by atoms with van der Waals surface area (Å²) in [5, 5.41) is 5.28. The van der Waals surface area contributed by atoms with Crippen molar-refractivity contribution in [2.24, 2.45) is 0 Å². The number of hydrogen-bond acceptors (Lipinski definition) is 4. The largest absolute Gasteiger partial charge is 0.389 e. The van der Waals surface area contributed by atoms with E-state index in [1.54, 1.807) is 17.5 Å². The van der Waals surface area contributed by atoms with Gasteiger partial charge in [-0.3, -0.25) is 0 Å². The molecular formula is C11H19N3S. The van der Waals surface area contributed by atoms with Gasteiger partial charge in [-0.2, -0.15) is 0 Å². The van der Waals surface area contributed by atoms with Crippen LogP contribution in [0.5, 0.6) is 0 Å². The van der Waals surface area contributed by atoms with Gasteiger partial charge in [0.15, 0.2) is 5.13 Å². The number of nitrogen functional groups attached to an aromatic ring is 1. The smallest absolute Gasteiger partial charge is 0.184 e. The second-order valence-electron chi connectivity index (χ2n) is 4.25. The first-order valence-electron chi connectivity index (χ1n) is 5.82. The molecule has 0 spiro atoms. The first-order chi connectivity index (χ1) is 7.34. The second kappa shape index (κ2) is 5.35. The van der Waals surface area contributed by atoms with Crippen molar-refractivity contribution in [3.8, 4) is 0 Å². The number of thiazole rings is 1. The Kier molecular flexibility index (Phi) is 3.83. The van der Waals surface area contributed by atoms with Crippen LogP contribution in [-0.4, -0.2) is 11.0 Å². The Morgan fingerprint density at radius 1 is 1.20 bits per heavy atom. The number of rotatable bonds is 2. The molecule has 84 valence electrons. The van der Waals surface area contributed by atoms with E-state index in [4.69, 9.17) is 5.73 Å². The van der Waals surface area contributed by atoms with Crippen molar-refractivity contribution in [3.05, 3.63) is 6.20 Å². The third-order valence-corrected chi connectivity index (χ3v) is 3.71. The Hall–Kier alpha value is -0.770. The van der Waals surface area contributed by atoms with E-state index in [1.165, 1.54) is 44.9 Å². The molecule has 2 rings (SSSR count). The summed E-state index contributed by atoms with van der Waals surface area (Å²) in [6.45, 7) is 0. The molecule has 15 heavy (non-hydrogen) atoms. The molecule has 1 aliphatic carbocycles. The van der Waals surface area contributed by atoms with Crippen LogP contribution in [0, 0.1) is 0 Å². The van der Waals surface area contributed by atoms with Crippen molar-refractivity contribution in [1.82, 2.24) is 4.98 Å². The zero-order valence-corrected chi connectivity index (χ0v) is 9.85. The van der Waals surface area contributed by atoms with E-state index in [2.05, 4.69) is 10.3 Å². The van der Waals surface area contributed by atoms with Crippen LogP contribution in [0.4, 0.5) is 10.1 Å². The Balaban J connectivity index is 1.86. The van der Waals surface area contributed by atoms with Crippen molar-refractivity contribution in [2.75, 3.05) is 11.1 Å². The molecule has 0 atom stereocenters. The summed E-state index contributed by atoms with van der Waals surface area (Å²) in [7, 11) is 0. The van der Waals surface area contributed by atoms with Crippen molar-refractivity contribution in [3.63, 3.8) is 0 Å². The van der Waals surface area contributed by atoms with Crippen molar-refractivity contribution < 1.29 is 0 Å². The molecule has 1 aromatic heterocycles. The monoisotopic (exact) mass is 225 g/mol. The summed E-state index contributed by atoms with van der Waals surface area (Å²) in [6.07, 6.45) is 11.2. The average molecular weight is 225 g/mol. The minimum absolute atomic E-state index is 0.607. The van der Waals surface area contributed by atoms with Gasteiger partial charge in [0.25, 0.3) is 0 Å². The molecule has 3 nitrogen and oxygen atoms in total. The lowest BCUT2D eigenvalue weighted by Gasteiger charge is -2.20. The summed E-state index contributed by atoms with van der Waals surface area (Å²) >= 11 is 1.55. The summed E-state index contributed by atoms with van der Waals surface area (Å²) in [4.78, 5) is 4.25. The maximum atomic E-state index is 5.66. The van der Waals surface area contributed by atoms with Gasteiger partial charge in [0.1, 0.15) is 5.00 Å². The topological polar surface area (TPSA) is 50.9 Å². The van der Waals surface area contributed by atoms with Crippen LogP contribution in [-0.2, 0) is 0 Å². The van der Waals surface area contributed by atoms with Gasteiger partial charge in [-0.1, -0.05) is 43.4 Å². The fourth-order valence-electron chi connectivity index (χ4n) is 2.13. The van der Waals surface area contributed by atoms with Gasteiger partial charge < -0.3 is 11.1 Å². The molecule has 0 bridgehead atoms. The average Bonchev–Trinajstić information content (AvgIpc) is 2.56. The fraction of sp³-hybridized carbons (Fsp3) is 0.727. The highest BCUT2D eigenvalue weighted by molar-refractivity contribution is 7.19. The molecule has 3 N–H and O–H groups in total. The lowest BCUT2D eigenvalue weighted by atomic mass is 9.97. The van der Waals surface area contributed by atoms with E-state index in [1.807, 2.05) is 0 Å². The van der Waals surface area contributed by atoms with Crippen molar-refractivity contribution >= 4 is 21.5 Å². The van der Waals surface area contributed by atoms with E-state index in [0.29, 0.717) is 6.04 Å². The maximum absolute atomic E-state index is 5.66. The number of aromatic nitrogens is 1. The number of anilines is 2. The number of nitrogens with two attached hydrogens (primary N) is 1. The zero-order chi connectivity index (χ0) is 10.5. The lowest BCUT2D eigenvalue weighted by molar-refractivity contribution is 0.471. The van der Waals surface area contributed by atoms with Gasteiger partial charge in [-0.05, 0) is 12.8 Å². The van der Waals surface area contributed by atoms with Crippen LogP contribution in [0.25, 0.3) is 0 Å². The van der Waals surface area contributed by atoms with Crippen LogP contribution in [0.1, 0.15) is 44.9 Å². The van der Waals surface area contributed by atoms with E-state index < -0.39 is 0 Å². The molecule has 1 fully saturated rings. The van der Waals surface area contributed by atoms with Gasteiger partial charge in [-0.15, -0.1) is 0 Å². The van der Waals surface area contributed by atoms with Gasteiger partial charge in [-0.25, -0.2) is 4.98 Å². The van der Waals surface area contributed by atoms with E-state index in [0.717, 1.165) is 10.1 Å². The summed E-state index contributed by atoms with van der Waals surface area (Å²) in [5.41, 5.74) is 5.66. The first-order valence-corrected chi connectivity index (χ1v) is 6.64. The van der Waals surface area contributed by atoms with E-state index in [-0.39, 0.29) is 0 Å². The summed E-state index contributed by atoms with van der Waals surface area (Å²) in [6, 6.07) is 0.607. The molecular weight excluding hydrogens is 206 g/mol. The predicted octanol–water partition coefficient (Wildman–Crippen LogP) is 3.25. The highest BCUT2D eigenvalue weighted by atomic mass is 32.1. The van der Waals surface area contributed by atoms with Crippen LogP contribution >= 0.6 is 11.3 Å². The number of nitrogens with zero attached hydrogens (tertiary/aromatic N) is 1. The molecule has 0 aromatic carbocycles. The third kappa shape index (κ3) is 3.38. The molecule has 0 radical (unpaired) electrons. The van der Waals surface area contributed by atoms with Crippen LogP contribution < -0.4 is 11.1 Å². The molecule has 0 saturated heterocycles. The SMILES string of the molecule is Nc1cnc(NC2CCCCCCC2)s1. The minimum Gasteiger partial charge on any atom is -0.389 e. The number of nitrogens with one attached hydrogen (secondary N) is 1. The van der Waals surface area contributed by atoms with Crippen LogP contribution in [0.3, 0.4) is 0 Å². The van der Waals surface area contributed by atoms with Gasteiger partial charge in [0.2, 0.25) is 0 Å². The molecule has 1 saturated carbocycles. The molecule has 1 aliphatic rings. The standard InChI is InChI=1S/C11H19N3S/c12-10-8-13-11(15-10)14-9-6-4-2-1-3-5-7-9/h8-9H,1-7,12H2,(H,13,14). The highest BCUT2D eigenvalue weighted by Gasteiger charge is 2.12. The van der Waals surface area contributed by atoms with Crippen LogP contribution in [0.15, 0.2) is 6.20 Å². The fourth-order valence-corrected chi connectivity index (χ4v) is 2.79. The molecule has 0 amide bonds. The Labute approximate surface area is 95.1 Å². The van der Waals surface area contributed by atoms with Gasteiger partial charge in [0.05, 0.1) is 6.20 Å². The molecule has 4 heteroatoms. The summed E-state index contributed by atoms with van der Waals surface area (Å²) < 4.78 is 0. The minimum atomic E-state index is 0.607. The lowest BCUT2D eigenvalue weighted by Crippen LogP contribution is -2.20. The molecule has 1 heterocycles.